The summed E-state index contributed by atoms with van der Waals surface area (Å²) in [6.07, 6.45) is 2.54. The zero-order valence-corrected chi connectivity index (χ0v) is 28.8. The smallest absolute Gasteiger partial charge is 0.322 e. The van der Waals surface area contributed by atoms with Gasteiger partial charge in [0, 0.05) is 39.8 Å². The molecule has 0 saturated carbocycles. The number of ether oxygens (including phenoxy) is 3. The number of nitrogens with zero attached hydrogens (tertiary/aromatic N) is 1. The summed E-state index contributed by atoms with van der Waals surface area (Å²) in [5.74, 6) is -1.53. The first kappa shape index (κ1) is 39.1. The second-order valence-corrected chi connectivity index (χ2v) is 12.3. The van der Waals surface area contributed by atoms with Gasteiger partial charge in [0.2, 0.25) is 17.7 Å². The highest BCUT2D eigenvalue weighted by atomic mass is 16.5. The molecule has 1 saturated heterocycles. The fourth-order valence-corrected chi connectivity index (χ4v) is 6.10. The van der Waals surface area contributed by atoms with Gasteiger partial charge in [-0.3, -0.25) is 19.2 Å². The van der Waals surface area contributed by atoms with Crippen molar-refractivity contribution in [1.29, 1.82) is 0 Å². The summed E-state index contributed by atoms with van der Waals surface area (Å²) < 4.78 is 16.7. The van der Waals surface area contributed by atoms with E-state index in [0.717, 1.165) is 18.4 Å². The molecule has 1 aliphatic rings. The van der Waals surface area contributed by atoms with Crippen LogP contribution in [0.25, 0.3) is 0 Å². The largest absolute Gasteiger partial charge is 0.464 e. The minimum atomic E-state index is -0.843. The van der Waals surface area contributed by atoms with Crippen LogP contribution in [0, 0.1) is 11.8 Å². The highest BCUT2D eigenvalue weighted by molar-refractivity contribution is 5.89. The SMILES string of the molecule is CC[C@H](C)[C@H](NC)[C@@H](CC(=O)N1CCC[C@H]1[C@H](OC)[C@@H](C)C(=O)N[C@@H](Cc1ccccc1)C(=O)NCCCOC(=O)[C@H](C)N)OC. The summed E-state index contributed by atoms with van der Waals surface area (Å²) in [4.78, 5) is 54.0. The molecule has 0 spiro atoms. The molecule has 3 amide bonds. The third kappa shape index (κ3) is 11.6. The standard InChI is InChI=1S/C34H57N5O7/c1-8-22(2)30(36-5)28(44-6)21-29(40)39-18-12-16-27(39)31(45-7)23(3)32(41)38-26(20-25-14-10-9-11-15-25)33(42)37-17-13-19-46-34(43)24(4)35/h9-11,14-15,22-24,26-28,30-31,36H,8,12-13,16-21,35H2,1-7H3,(H,37,42)(H,38,41)/t22-,23+,24-,26-,27-,28+,30-,31+/m0/s1. The van der Waals surface area contributed by atoms with E-state index >= 15 is 0 Å². The van der Waals surface area contributed by atoms with Crippen LogP contribution in [0.2, 0.25) is 0 Å². The molecular weight excluding hydrogens is 590 g/mol. The number of rotatable bonds is 20. The summed E-state index contributed by atoms with van der Waals surface area (Å²) in [6, 6.07) is 7.63. The number of amides is 3. The van der Waals surface area contributed by atoms with Gasteiger partial charge in [-0.05, 0) is 44.7 Å². The average molecular weight is 648 g/mol. The molecular formula is C34H57N5O7. The molecule has 5 N–H and O–H groups in total. The molecule has 260 valence electrons. The van der Waals surface area contributed by atoms with Crippen molar-refractivity contribution in [3.05, 3.63) is 35.9 Å². The van der Waals surface area contributed by atoms with Crippen molar-refractivity contribution in [3.63, 3.8) is 0 Å². The lowest BCUT2D eigenvalue weighted by molar-refractivity contribution is -0.144. The van der Waals surface area contributed by atoms with Crippen LogP contribution in [-0.2, 0) is 39.8 Å². The molecule has 1 fully saturated rings. The number of nitrogens with two attached hydrogens (primary N) is 1. The Bertz CT molecular complexity index is 1090. The maximum Gasteiger partial charge on any atom is 0.322 e. The quantitative estimate of drug-likeness (QED) is 0.122. The second-order valence-electron chi connectivity index (χ2n) is 12.3. The summed E-state index contributed by atoms with van der Waals surface area (Å²) in [5.41, 5.74) is 6.40. The Morgan fingerprint density at radius 3 is 2.33 bits per heavy atom. The number of carbonyl (C=O) groups excluding carboxylic acids is 4. The lowest BCUT2D eigenvalue weighted by Gasteiger charge is -2.36. The van der Waals surface area contributed by atoms with E-state index in [1.807, 2.05) is 42.3 Å². The zero-order valence-electron chi connectivity index (χ0n) is 28.8. The van der Waals surface area contributed by atoms with E-state index in [-0.39, 0.29) is 61.9 Å². The van der Waals surface area contributed by atoms with E-state index in [1.54, 1.807) is 28.1 Å². The number of esters is 1. The number of hydrogen-bond donors (Lipinski definition) is 4. The van der Waals surface area contributed by atoms with E-state index in [1.165, 1.54) is 0 Å². The normalized spacial score (nSPS) is 19.3. The molecule has 46 heavy (non-hydrogen) atoms. The van der Waals surface area contributed by atoms with Gasteiger partial charge in [0.1, 0.15) is 12.1 Å². The van der Waals surface area contributed by atoms with Crippen molar-refractivity contribution in [2.45, 2.75) is 103 Å². The van der Waals surface area contributed by atoms with Crippen LogP contribution in [0.1, 0.15) is 65.4 Å². The van der Waals surface area contributed by atoms with Gasteiger partial charge < -0.3 is 40.8 Å². The van der Waals surface area contributed by atoms with Gasteiger partial charge >= 0.3 is 5.97 Å². The molecule has 1 aromatic carbocycles. The molecule has 0 aromatic heterocycles. The van der Waals surface area contributed by atoms with Gasteiger partial charge in [-0.15, -0.1) is 0 Å². The van der Waals surface area contributed by atoms with E-state index in [9.17, 15) is 19.2 Å². The molecule has 12 heteroatoms. The predicted octanol–water partition coefficient (Wildman–Crippen LogP) is 1.79. The molecule has 12 nitrogen and oxygen atoms in total. The van der Waals surface area contributed by atoms with Gasteiger partial charge in [0.15, 0.2) is 0 Å². The van der Waals surface area contributed by atoms with E-state index in [2.05, 4.69) is 29.8 Å². The second kappa shape index (κ2) is 20.2. The number of carbonyl (C=O) groups is 4. The summed E-state index contributed by atoms with van der Waals surface area (Å²) in [7, 11) is 5.08. The molecule has 0 bridgehead atoms. The minimum absolute atomic E-state index is 0.0273. The maximum atomic E-state index is 13.7. The molecule has 1 aliphatic heterocycles. The minimum Gasteiger partial charge on any atom is -0.464 e. The van der Waals surface area contributed by atoms with Gasteiger partial charge in [-0.25, -0.2) is 0 Å². The van der Waals surface area contributed by atoms with Crippen molar-refractivity contribution in [1.82, 2.24) is 20.9 Å². The molecule has 1 aromatic rings. The predicted molar refractivity (Wildman–Crippen MR) is 177 cm³/mol. The van der Waals surface area contributed by atoms with E-state index in [0.29, 0.717) is 25.3 Å². The third-order valence-corrected chi connectivity index (χ3v) is 9.00. The van der Waals surface area contributed by atoms with Crippen LogP contribution in [0.15, 0.2) is 30.3 Å². The Labute approximate surface area is 274 Å². The maximum absolute atomic E-state index is 13.7. The lowest BCUT2D eigenvalue weighted by atomic mass is 9.91. The van der Waals surface area contributed by atoms with Crippen LogP contribution in [0.4, 0.5) is 0 Å². The fourth-order valence-electron chi connectivity index (χ4n) is 6.10. The number of likely N-dealkylation sites (N-methyl/N-ethyl adjacent to an activating group) is 1. The van der Waals surface area contributed by atoms with E-state index < -0.39 is 30.1 Å². The molecule has 8 atom stereocenters. The van der Waals surface area contributed by atoms with Gasteiger partial charge in [0.25, 0.3) is 0 Å². The Morgan fingerprint density at radius 2 is 1.74 bits per heavy atom. The molecule has 2 rings (SSSR count). The van der Waals surface area contributed by atoms with Crippen molar-refractivity contribution >= 4 is 23.7 Å². The van der Waals surface area contributed by atoms with Gasteiger partial charge in [-0.2, -0.15) is 0 Å². The van der Waals surface area contributed by atoms with Crippen LogP contribution < -0.4 is 21.7 Å². The van der Waals surface area contributed by atoms with E-state index in [4.69, 9.17) is 19.9 Å². The fraction of sp³-hybridized carbons (Fsp3) is 0.706. The van der Waals surface area contributed by atoms with Crippen LogP contribution in [0.5, 0.6) is 0 Å². The van der Waals surface area contributed by atoms with Gasteiger partial charge in [0.05, 0.1) is 37.2 Å². The van der Waals surface area contributed by atoms with Crippen molar-refractivity contribution < 1.29 is 33.4 Å². The lowest BCUT2D eigenvalue weighted by Crippen LogP contribution is -2.54. The van der Waals surface area contributed by atoms with Crippen LogP contribution in [-0.4, -0.2) is 106 Å². The molecule has 0 aliphatic carbocycles. The van der Waals surface area contributed by atoms with Crippen molar-refractivity contribution in [3.8, 4) is 0 Å². The Kier molecular flexibility index (Phi) is 17.2. The van der Waals surface area contributed by atoms with Crippen molar-refractivity contribution in [2.75, 3.05) is 41.0 Å². The first-order chi connectivity index (χ1) is 22.0. The van der Waals surface area contributed by atoms with Crippen LogP contribution >= 0.6 is 0 Å². The number of nitrogens with one attached hydrogen (secondary N) is 3. The van der Waals surface area contributed by atoms with Crippen LogP contribution in [0.3, 0.4) is 0 Å². The summed E-state index contributed by atoms with van der Waals surface area (Å²) in [6.45, 7) is 8.54. The average Bonchev–Trinajstić information content (AvgIpc) is 3.54. The number of hydrogen-bond acceptors (Lipinski definition) is 9. The highest BCUT2D eigenvalue weighted by Crippen LogP contribution is 2.28. The third-order valence-electron chi connectivity index (χ3n) is 9.00. The van der Waals surface area contributed by atoms with Crippen molar-refractivity contribution in [2.24, 2.45) is 17.6 Å². The molecule has 1 heterocycles. The molecule has 0 unspecified atom stereocenters. The highest BCUT2D eigenvalue weighted by Gasteiger charge is 2.41. The summed E-state index contributed by atoms with van der Waals surface area (Å²) >= 11 is 0. The van der Waals surface area contributed by atoms with Gasteiger partial charge in [-0.1, -0.05) is 57.5 Å². The number of methoxy groups -OCH3 is 2. The molecule has 0 radical (unpaired) electrons. The number of likely N-dealkylation sites (tertiary alicyclic amines) is 1. The summed E-state index contributed by atoms with van der Waals surface area (Å²) in [5, 5.41) is 9.10. The monoisotopic (exact) mass is 647 g/mol. The first-order valence-electron chi connectivity index (χ1n) is 16.5. The Hall–Kier alpha value is -3.06. The Balaban J connectivity index is 2.11. The zero-order chi connectivity index (χ0) is 34.2. The Morgan fingerprint density at radius 1 is 1.04 bits per heavy atom. The first-order valence-corrected chi connectivity index (χ1v) is 16.5. The number of benzene rings is 1. The topological polar surface area (TPSA) is 161 Å².